The van der Waals surface area contributed by atoms with Crippen molar-refractivity contribution in [1.29, 1.82) is 0 Å². The van der Waals surface area contributed by atoms with Crippen LogP contribution in [0.25, 0.3) is 0 Å². The largest absolute Gasteiger partial charge is 0.508 e. The number of sulfonamides is 1. The minimum absolute atomic E-state index is 0.0798. The molecule has 2 aliphatic carbocycles. The van der Waals surface area contributed by atoms with Gasteiger partial charge in [-0.3, -0.25) is 0 Å². The molecule has 0 unspecified atom stereocenters. The second-order valence-electron chi connectivity index (χ2n) is 7.25. The molecule has 4 nitrogen and oxygen atoms in total. The fraction of sp³-hybridized carbons (Fsp3) is 0.647. The molecule has 5 heteroatoms. The lowest BCUT2D eigenvalue weighted by atomic mass is 9.53. The van der Waals surface area contributed by atoms with Crippen molar-refractivity contribution in [2.75, 3.05) is 12.8 Å². The van der Waals surface area contributed by atoms with Gasteiger partial charge >= 0.3 is 0 Å². The Hall–Kier alpha value is -1.07. The van der Waals surface area contributed by atoms with Crippen LogP contribution in [0.15, 0.2) is 18.2 Å². The van der Waals surface area contributed by atoms with Crippen molar-refractivity contribution in [3.8, 4) is 5.75 Å². The van der Waals surface area contributed by atoms with Crippen LogP contribution in [-0.2, 0) is 21.9 Å². The van der Waals surface area contributed by atoms with Crippen LogP contribution in [-0.4, -0.2) is 36.7 Å². The Kier molecular flexibility index (Phi) is 3.11. The van der Waals surface area contributed by atoms with Crippen molar-refractivity contribution in [2.45, 2.75) is 50.0 Å². The van der Waals surface area contributed by atoms with Gasteiger partial charge in [-0.15, -0.1) is 0 Å². The van der Waals surface area contributed by atoms with Crippen LogP contribution < -0.4 is 0 Å². The second kappa shape index (κ2) is 4.71. The Morgan fingerprint density at radius 2 is 2.09 bits per heavy atom. The van der Waals surface area contributed by atoms with Crippen molar-refractivity contribution in [3.63, 3.8) is 0 Å². The number of hydrogen-bond donors (Lipinski definition) is 1. The first kappa shape index (κ1) is 14.5. The third-order valence-corrected chi connectivity index (χ3v) is 7.50. The fourth-order valence-electron chi connectivity index (χ4n) is 5.37. The van der Waals surface area contributed by atoms with Crippen LogP contribution in [0.4, 0.5) is 0 Å². The predicted octanol–water partition coefficient (Wildman–Crippen LogP) is 2.41. The molecule has 22 heavy (non-hydrogen) atoms. The quantitative estimate of drug-likeness (QED) is 0.864. The number of nitrogens with zero attached hydrogens (tertiary/aromatic N) is 1. The average molecular weight is 321 g/mol. The summed E-state index contributed by atoms with van der Waals surface area (Å²) >= 11 is 0. The Balaban J connectivity index is 1.89. The summed E-state index contributed by atoms with van der Waals surface area (Å²) in [5.41, 5.74) is 2.60. The summed E-state index contributed by atoms with van der Waals surface area (Å²) in [5, 5.41) is 9.95. The Morgan fingerprint density at radius 1 is 1.27 bits per heavy atom. The smallest absolute Gasteiger partial charge is 0.211 e. The zero-order valence-electron chi connectivity index (χ0n) is 13.0. The van der Waals surface area contributed by atoms with Crippen molar-refractivity contribution >= 4 is 10.0 Å². The third-order valence-electron chi connectivity index (χ3n) is 6.20. The fourth-order valence-corrected chi connectivity index (χ4v) is 6.51. The Bertz CT molecular complexity index is 715. The molecule has 4 rings (SSSR count). The molecule has 3 atom stereocenters. The lowest BCUT2D eigenvalue weighted by molar-refractivity contribution is 0.0317. The number of phenolic OH excluding ortho intramolecular Hbond substituents is 1. The van der Waals surface area contributed by atoms with Gasteiger partial charge in [-0.1, -0.05) is 18.9 Å². The molecule has 1 N–H and O–H groups in total. The van der Waals surface area contributed by atoms with E-state index in [4.69, 9.17) is 0 Å². The van der Waals surface area contributed by atoms with Crippen molar-refractivity contribution < 1.29 is 13.5 Å². The van der Waals surface area contributed by atoms with Crippen LogP contribution in [0.1, 0.15) is 43.2 Å². The van der Waals surface area contributed by atoms with Crippen LogP contribution in [0, 0.1) is 5.92 Å². The van der Waals surface area contributed by atoms with E-state index in [0.29, 0.717) is 18.2 Å². The van der Waals surface area contributed by atoms with E-state index >= 15 is 0 Å². The minimum atomic E-state index is -3.16. The molecule has 0 spiro atoms. The number of piperidine rings is 1. The molecule has 0 radical (unpaired) electrons. The Morgan fingerprint density at radius 3 is 2.86 bits per heavy atom. The van der Waals surface area contributed by atoms with E-state index in [1.807, 2.05) is 12.1 Å². The summed E-state index contributed by atoms with van der Waals surface area (Å²) in [5.74, 6) is 0.737. The van der Waals surface area contributed by atoms with Gasteiger partial charge in [0.1, 0.15) is 5.75 Å². The molecule has 1 aromatic rings. The van der Waals surface area contributed by atoms with Gasteiger partial charge in [0, 0.05) is 18.0 Å². The van der Waals surface area contributed by atoms with Crippen LogP contribution in [0.2, 0.25) is 0 Å². The molecule has 1 saturated carbocycles. The van der Waals surface area contributed by atoms with Crippen molar-refractivity contribution in [1.82, 2.24) is 4.31 Å². The maximum atomic E-state index is 12.2. The molecule has 1 aromatic carbocycles. The molecule has 0 aromatic heterocycles. The molecule has 1 heterocycles. The van der Waals surface area contributed by atoms with E-state index in [9.17, 15) is 13.5 Å². The van der Waals surface area contributed by atoms with Crippen molar-refractivity contribution in [3.05, 3.63) is 29.3 Å². The van der Waals surface area contributed by atoms with Gasteiger partial charge < -0.3 is 5.11 Å². The highest BCUT2D eigenvalue weighted by Gasteiger charge is 2.55. The molecule has 0 amide bonds. The standard InChI is InChI=1S/C17H23NO3S/c1-22(20,21)18-9-8-17-7-3-2-4-14(17)16(18)10-12-5-6-13(19)11-15(12)17/h5-6,11,14,16,19H,2-4,7-10H2,1H3/t14-,16+,17+/m0/s1. The molecule has 2 bridgehead atoms. The summed E-state index contributed by atoms with van der Waals surface area (Å²) < 4.78 is 26.2. The van der Waals surface area contributed by atoms with Gasteiger partial charge in [-0.2, -0.15) is 4.31 Å². The number of benzene rings is 1. The maximum Gasteiger partial charge on any atom is 0.211 e. The van der Waals surface area contributed by atoms with Gasteiger partial charge in [-0.05, 0) is 54.9 Å². The van der Waals surface area contributed by atoms with E-state index in [1.54, 1.807) is 10.4 Å². The number of phenols is 1. The molecular formula is C17H23NO3S. The van der Waals surface area contributed by atoms with Crippen molar-refractivity contribution in [2.24, 2.45) is 5.92 Å². The van der Waals surface area contributed by atoms with Gasteiger partial charge in [0.2, 0.25) is 10.0 Å². The number of aromatic hydroxyl groups is 1. The summed E-state index contributed by atoms with van der Waals surface area (Å²) in [6.45, 7) is 0.620. The molecule has 2 fully saturated rings. The van der Waals surface area contributed by atoms with Crippen LogP contribution >= 0.6 is 0 Å². The highest BCUT2D eigenvalue weighted by atomic mass is 32.2. The molecular weight excluding hydrogens is 298 g/mol. The van der Waals surface area contributed by atoms with Crippen LogP contribution in [0.3, 0.4) is 0 Å². The van der Waals surface area contributed by atoms with Gasteiger partial charge in [0.05, 0.1) is 6.26 Å². The van der Waals surface area contributed by atoms with E-state index in [1.165, 1.54) is 30.2 Å². The third kappa shape index (κ3) is 1.95. The zero-order chi connectivity index (χ0) is 15.5. The SMILES string of the molecule is CS(=O)(=O)N1CC[C@]23CCCC[C@H]2[C@H]1Cc1ccc(O)cc13. The highest BCUT2D eigenvalue weighted by molar-refractivity contribution is 7.88. The lowest BCUT2D eigenvalue weighted by Gasteiger charge is -2.58. The summed E-state index contributed by atoms with van der Waals surface area (Å²) in [6.07, 6.45) is 7.64. The first-order valence-electron chi connectivity index (χ1n) is 8.21. The maximum absolute atomic E-state index is 12.2. The van der Waals surface area contributed by atoms with E-state index in [2.05, 4.69) is 0 Å². The topological polar surface area (TPSA) is 57.6 Å². The molecule has 1 aliphatic heterocycles. The predicted molar refractivity (Wildman–Crippen MR) is 85.4 cm³/mol. The molecule has 1 saturated heterocycles. The second-order valence-corrected chi connectivity index (χ2v) is 9.18. The summed E-state index contributed by atoms with van der Waals surface area (Å²) in [4.78, 5) is 0. The van der Waals surface area contributed by atoms with E-state index in [0.717, 1.165) is 25.7 Å². The van der Waals surface area contributed by atoms with Gasteiger partial charge in [-0.25, -0.2) is 8.42 Å². The normalized spacial score (nSPS) is 34.8. The average Bonchev–Trinajstić information content (AvgIpc) is 2.47. The van der Waals surface area contributed by atoms with E-state index < -0.39 is 10.0 Å². The van der Waals surface area contributed by atoms with Gasteiger partial charge in [0.15, 0.2) is 0 Å². The van der Waals surface area contributed by atoms with Crippen LogP contribution in [0.5, 0.6) is 5.75 Å². The minimum Gasteiger partial charge on any atom is -0.508 e. The first-order chi connectivity index (χ1) is 10.4. The number of fused-ring (bicyclic) bond motifs is 1. The summed E-state index contributed by atoms with van der Waals surface area (Å²) in [7, 11) is -3.16. The number of hydrogen-bond acceptors (Lipinski definition) is 3. The Labute approximate surface area is 132 Å². The zero-order valence-corrected chi connectivity index (χ0v) is 13.8. The lowest BCUT2D eigenvalue weighted by Crippen LogP contribution is -2.61. The monoisotopic (exact) mass is 321 g/mol. The van der Waals surface area contributed by atoms with E-state index in [-0.39, 0.29) is 11.5 Å². The number of rotatable bonds is 1. The first-order valence-corrected chi connectivity index (χ1v) is 10.1. The molecule has 3 aliphatic rings. The molecule has 120 valence electrons. The van der Waals surface area contributed by atoms with Gasteiger partial charge in [0.25, 0.3) is 0 Å². The summed E-state index contributed by atoms with van der Waals surface area (Å²) in [6, 6.07) is 5.77. The highest BCUT2D eigenvalue weighted by Crippen LogP contribution is 2.56.